The Morgan fingerprint density at radius 3 is 2.45 bits per heavy atom. The van der Waals surface area contributed by atoms with E-state index < -0.39 is 0 Å². The van der Waals surface area contributed by atoms with E-state index >= 15 is 0 Å². The average Bonchev–Trinajstić information content (AvgIpc) is 2.46. The van der Waals surface area contributed by atoms with Crippen molar-refractivity contribution in [1.29, 1.82) is 5.41 Å². The average molecular weight is 270 g/mol. The minimum Gasteiger partial charge on any atom is -0.490 e. The molecule has 0 radical (unpaired) electrons. The summed E-state index contributed by atoms with van der Waals surface area (Å²) in [7, 11) is 0. The number of hydrogen-bond donors (Lipinski definition) is 2. The van der Waals surface area contributed by atoms with Gasteiger partial charge in [-0.3, -0.25) is 5.41 Å². The van der Waals surface area contributed by atoms with Gasteiger partial charge >= 0.3 is 0 Å². The Labute approximate surface area is 118 Å². The third kappa shape index (κ3) is 3.75. The quantitative estimate of drug-likeness (QED) is 0.482. The molecule has 2 rings (SSSR count). The van der Waals surface area contributed by atoms with Crippen LogP contribution in [0.1, 0.15) is 11.1 Å². The molecular formula is C16H18N2O2. The van der Waals surface area contributed by atoms with Gasteiger partial charge in [-0.15, -0.1) is 0 Å². The highest BCUT2D eigenvalue weighted by atomic mass is 16.5. The maximum Gasteiger partial charge on any atom is 0.123 e. The Kier molecular flexibility index (Phi) is 4.60. The fourth-order valence-corrected chi connectivity index (χ4v) is 1.75. The Morgan fingerprint density at radius 2 is 1.75 bits per heavy atom. The highest BCUT2D eigenvalue weighted by molar-refractivity contribution is 5.95. The SMILES string of the molecule is Cc1ccc(C(=N)N)cc1OCCOc1ccccc1. The summed E-state index contributed by atoms with van der Waals surface area (Å²) < 4.78 is 11.2. The summed E-state index contributed by atoms with van der Waals surface area (Å²) in [6.45, 7) is 2.86. The van der Waals surface area contributed by atoms with Crippen molar-refractivity contribution in [2.45, 2.75) is 6.92 Å². The molecule has 0 saturated carbocycles. The Bertz CT molecular complexity index is 582. The van der Waals surface area contributed by atoms with Crippen molar-refractivity contribution in [3.8, 4) is 11.5 Å². The molecule has 0 heterocycles. The highest BCUT2D eigenvalue weighted by Gasteiger charge is 2.03. The van der Waals surface area contributed by atoms with E-state index in [1.165, 1.54) is 0 Å². The van der Waals surface area contributed by atoms with Crippen molar-refractivity contribution in [1.82, 2.24) is 0 Å². The molecule has 2 aromatic rings. The third-order valence-corrected chi connectivity index (χ3v) is 2.85. The first-order chi connectivity index (χ1) is 9.66. The molecule has 0 aromatic heterocycles. The molecule has 0 aliphatic heterocycles. The minimum atomic E-state index is 0.0374. The first-order valence-electron chi connectivity index (χ1n) is 6.42. The van der Waals surface area contributed by atoms with Gasteiger partial charge < -0.3 is 15.2 Å². The number of hydrogen-bond acceptors (Lipinski definition) is 3. The Balaban J connectivity index is 1.88. The van der Waals surface area contributed by atoms with Crippen molar-refractivity contribution in [3.05, 3.63) is 59.7 Å². The molecule has 0 aliphatic rings. The zero-order chi connectivity index (χ0) is 14.4. The number of nitrogens with two attached hydrogens (primary N) is 1. The van der Waals surface area contributed by atoms with E-state index in [1.54, 1.807) is 6.07 Å². The van der Waals surface area contributed by atoms with Crippen molar-refractivity contribution < 1.29 is 9.47 Å². The van der Waals surface area contributed by atoms with Gasteiger partial charge in [-0.05, 0) is 30.7 Å². The standard InChI is InChI=1S/C16H18N2O2/c1-12-7-8-13(16(17)18)11-15(12)20-10-9-19-14-5-3-2-4-6-14/h2-8,11H,9-10H2,1H3,(H3,17,18). The number of nitrogen functional groups attached to an aromatic ring is 1. The van der Waals surface area contributed by atoms with Crippen molar-refractivity contribution in [2.75, 3.05) is 13.2 Å². The monoisotopic (exact) mass is 270 g/mol. The van der Waals surface area contributed by atoms with Crippen LogP contribution < -0.4 is 15.2 Å². The molecule has 104 valence electrons. The molecule has 0 amide bonds. The van der Waals surface area contributed by atoms with E-state index in [0.717, 1.165) is 17.1 Å². The van der Waals surface area contributed by atoms with Gasteiger partial charge in [0.25, 0.3) is 0 Å². The lowest BCUT2D eigenvalue weighted by Crippen LogP contribution is -2.13. The third-order valence-electron chi connectivity index (χ3n) is 2.85. The van der Waals surface area contributed by atoms with Gasteiger partial charge in [0.15, 0.2) is 0 Å². The summed E-state index contributed by atoms with van der Waals surface area (Å²) in [5, 5.41) is 7.43. The summed E-state index contributed by atoms with van der Waals surface area (Å²) in [4.78, 5) is 0. The molecule has 3 N–H and O–H groups in total. The second kappa shape index (κ2) is 6.61. The normalized spacial score (nSPS) is 10.1. The number of nitrogens with one attached hydrogen (secondary N) is 1. The number of benzene rings is 2. The molecular weight excluding hydrogens is 252 g/mol. The van der Waals surface area contributed by atoms with Crippen LogP contribution in [-0.2, 0) is 0 Å². The van der Waals surface area contributed by atoms with Crippen LogP contribution in [0.15, 0.2) is 48.5 Å². The van der Waals surface area contributed by atoms with E-state index in [2.05, 4.69) is 0 Å². The number of aryl methyl sites for hydroxylation is 1. The summed E-state index contributed by atoms with van der Waals surface area (Å²) in [6.07, 6.45) is 0. The zero-order valence-corrected chi connectivity index (χ0v) is 11.4. The lowest BCUT2D eigenvalue weighted by molar-refractivity contribution is 0.216. The number of rotatable bonds is 6. The van der Waals surface area contributed by atoms with E-state index in [0.29, 0.717) is 18.8 Å². The van der Waals surface area contributed by atoms with Gasteiger partial charge in [-0.2, -0.15) is 0 Å². The van der Waals surface area contributed by atoms with E-state index in [9.17, 15) is 0 Å². The van der Waals surface area contributed by atoms with E-state index in [-0.39, 0.29) is 5.84 Å². The first kappa shape index (κ1) is 13.9. The van der Waals surface area contributed by atoms with E-state index in [1.807, 2.05) is 49.4 Å². The van der Waals surface area contributed by atoms with Crippen LogP contribution in [0, 0.1) is 12.3 Å². The van der Waals surface area contributed by atoms with Gasteiger partial charge in [0.2, 0.25) is 0 Å². The fourth-order valence-electron chi connectivity index (χ4n) is 1.75. The molecule has 20 heavy (non-hydrogen) atoms. The van der Waals surface area contributed by atoms with Gasteiger partial charge in [0.05, 0.1) is 0 Å². The van der Waals surface area contributed by atoms with Crippen LogP contribution in [0.25, 0.3) is 0 Å². The summed E-state index contributed by atoms with van der Waals surface area (Å²) in [5.41, 5.74) is 7.14. The molecule has 0 saturated heterocycles. The van der Waals surface area contributed by atoms with Gasteiger partial charge in [0.1, 0.15) is 30.5 Å². The van der Waals surface area contributed by atoms with Crippen molar-refractivity contribution >= 4 is 5.84 Å². The molecule has 0 fully saturated rings. The highest BCUT2D eigenvalue weighted by Crippen LogP contribution is 2.19. The molecule has 4 heteroatoms. The predicted molar refractivity (Wildman–Crippen MR) is 79.6 cm³/mol. The van der Waals surface area contributed by atoms with Crippen LogP contribution in [0.4, 0.5) is 0 Å². The molecule has 2 aromatic carbocycles. The molecule has 0 spiro atoms. The summed E-state index contributed by atoms with van der Waals surface area (Å²) in [6, 6.07) is 15.1. The molecule has 0 bridgehead atoms. The first-order valence-corrected chi connectivity index (χ1v) is 6.42. The Hall–Kier alpha value is -2.49. The number of ether oxygens (including phenoxy) is 2. The number of amidine groups is 1. The molecule has 4 nitrogen and oxygen atoms in total. The van der Waals surface area contributed by atoms with Gasteiger partial charge in [-0.25, -0.2) is 0 Å². The summed E-state index contributed by atoms with van der Waals surface area (Å²) in [5.74, 6) is 1.59. The van der Waals surface area contributed by atoms with Gasteiger partial charge in [-0.1, -0.05) is 30.3 Å². The smallest absolute Gasteiger partial charge is 0.123 e. The predicted octanol–water partition coefficient (Wildman–Crippen LogP) is 2.74. The lowest BCUT2D eigenvalue weighted by Gasteiger charge is -2.11. The molecule has 0 aliphatic carbocycles. The van der Waals surface area contributed by atoms with Crippen molar-refractivity contribution in [2.24, 2.45) is 5.73 Å². The summed E-state index contributed by atoms with van der Waals surface area (Å²) >= 11 is 0. The van der Waals surface area contributed by atoms with Gasteiger partial charge in [0, 0.05) is 5.56 Å². The van der Waals surface area contributed by atoms with Crippen LogP contribution in [-0.4, -0.2) is 19.0 Å². The maximum atomic E-state index is 7.43. The number of para-hydroxylation sites is 1. The van der Waals surface area contributed by atoms with Crippen molar-refractivity contribution in [3.63, 3.8) is 0 Å². The van der Waals surface area contributed by atoms with Crippen LogP contribution in [0.2, 0.25) is 0 Å². The van der Waals surface area contributed by atoms with E-state index in [4.69, 9.17) is 20.6 Å². The minimum absolute atomic E-state index is 0.0374. The largest absolute Gasteiger partial charge is 0.490 e. The van der Waals surface area contributed by atoms with Crippen LogP contribution in [0.3, 0.4) is 0 Å². The lowest BCUT2D eigenvalue weighted by atomic mass is 10.1. The maximum absolute atomic E-state index is 7.43. The zero-order valence-electron chi connectivity index (χ0n) is 11.4. The second-order valence-corrected chi connectivity index (χ2v) is 4.40. The topological polar surface area (TPSA) is 68.3 Å². The Morgan fingerprint density at radius 1 is 1.05 bits per heavy atom. The van der Waals surface area contributed by atoms with Crippen LogP contribution in [0.5, 0.6) is 11.5 Å². The molecule has 0 atom stereocenters. The van der Waals surface area contributed by atoms with Crippen LogP contribution >= 0.6 is 0 Å². The fraction of sp³-hybridized carbons (Fsp3) is 0.188. The molecule has 0 unspecified atom stereocenters. The second-order valence-electron chi connectivity index (χ2n) is 4.40.